The number of aliphatic hydroxyl groups is 1. The van der Waals surface area contributed by atoms with Gasteiger partial charge >= 0.3 is 11.9 Å². The van der Waals surface area contributed by atoms with Crippen LogP contribution in [0, 0.1) is 17.8 Å². The molecule has 3 N–H and O–H groups in total. The highest BCUT2D eigenvalue weighted by Crippen LogP contribution is 2.37. The molecule has 2 rings (SSSR count). The average molecular weight is 639 g/mol. The number of hydrogen-bond acceptors (Lipinski definition) is 9. The van der Waals surface area contributed by atoms with Gasteiger partial charge in [-0.3, -0.25) is 14.5 Å². The molecule has 0 radical (unpaired) electrons. The number of carbonyl (C=O) groups excluding carboxylic acids is 1. The van der Waals surface area contributed by atoms with E-state index in [2.05, 4.69) is 13.8 Å². The highest BCUT2D eigenvalue weighted by atomic mass is 33.1. The molecule has 6 unspecified atom stereocenters. The average Bonchev–Trinajstić information content (AvgIpc) is 3.59. The molecular formula is C28H50N2O6S4. The molecule has 2 heterocycles. The Morgan fingerprint density at radius 1 is 0.825 bits per heavy atom. The zero-order valence-corrected chi connectivity index (χ0v) is 27.8. The van der Waals surface area contributed by atoms with E-state index in [-0.39, 0.29) is 17.7 Å². The molecule has 0 aromatic rings. The molecule has 40 heavy (non-hydrogen) atoms. The zero-order valence-electron chi connectivity index (χ0n) is 24.5. The van der Waals surface area contributed by atoms with Crippen LogP contribution in [0.15, 0.2) is 0 Å². The van der Waals surface area contributed by atoms with E-state index in [1.54, 1.807) is 42.2 Å². The maximum atomic E-state index is 12.8. The number of carboxylic acid groups (broad SMARTS) is 2. The summed E-state index contributed by atoms with van der Waals surface area (Å²) in [5.74, 6) is 1.14. The van der Waals surface area contributed by atoms with Crippen LogP contribution in [0.5, 0.6) is 0 Å². The van der Waals surface area contributed by atoms with Gasteiger partial charge in [-0.2, -0.15) is 0 Å². The molecule has 0 bridgehead atoms. The molecule has 12 heteroatoms. The minimum absolute atomic E-state index is 0.0145. The number of rotatable bonds is 20. The fourth-order valence-electron chi connectivity index (χ4n) is 5.22. The van der Waals surface area contributed by atoms with E-state index in [4.69, 9.17) is 0 Å². The molecule has 0 aromatic heterocycles. The molecule has 0 aliphatic carbocycles. The van der Waals surface area contributed by atoms with Gasteiger partial charge in [-0.15, -0.1) is 0 Å². The van der Waals surface area contributed by atoms with Crippen molar-refractivity contribution in [2.45, 2.75) is 109 Å². The van der Waals surface area contributed by atoms with Gasteiger partial charge in [-0.25, -0.2) is 4.79 Å². The zero-order chi connectivity index (χ0) is 29.7. The smallest absolute Gasteiger partial charge is 0.326 e. The van der Waals surface area contributed by atoms with Gasteiger partial charge in [-0.05, 0) is 44.4 Å². The topological polar surface area (TPSA) is 118 Å². The van der Waals surface area contributed by atoms with Gasteiger partial charge in [0, 0.05) is 47.4 Å². The first-order chi connectivity index (χ1) is 19.0. The van der Waals surface area contributed by atoms with E-state index < -0.39 is 30.3 Å². The third-order valence-corrected chi connectivity index (χ3v) is 13.5. The molecule has 8 nitrogen and oxygen atoms in total. The van der Waals surface area contributed by atoms with E-state index in [1.807, 2.05) is 24.6 Å². The summed E-state index contributed by atoms with van der Waals surface area (Å²) in [4.78, 5) is 39.0. The van der Waals surface area contributed by atoms with Crippen molar-refractivity contribution in [2.75, 3.05) is 30.3 Å². The molecule has 6 atom stereocenters. The molecule has 2 aliphatic heterocycles. The third-order valence-electron chi connectivity index (χ3n) is 7.69. The lowest BCUT2D eigenvalue weighted by Crippen LogP contribution is -2.46. The van der Waals surface area contributed by atoms with Crippen LogP contribution in [-0.2, 0) is 14.4 Å². The predicted octanol–water partition coefficient (Wildman–Crippen LogP) is 5.94. The lowest BCUT2D eigenvalue weighted by molar-refractivity contribution is -0.149. The largest absolute Gasteiger partial charge is 0.480 e. The molecule has 0 saturated carbocycles. The van der Waals surface area contributed by atoms with E-state index in [9.17, 15) is 29.7 Å². The number of aliphatic hydroxyl groups excluding tert-OH is 1. The third kappa shape index (κ3) is 12.1. The second kappa shape index (κ2) is 19.1. The number of likely N-dealkylation sites (tertiary alicyclic amines) is 2. The molecule has 232 valence electrons. The highest BCUT2D eigenvalue weighted by molar-refractivity contribution is 8.77. The number of nitrogens with zero attached hydrogens (tertiary/aromatic N) is 2. The van der Waals surface area contributed by atoms with Crippen molar-refractivity contribution in [3.05, 3.63) is 0 Å². The van der Waals surface area contributed by atoms with Crippen LogP contribution in [0.3, 0.4) is 0 Å². The van der Waals surface area contributed by atoms with Gasteiger partial charge in [0.15, 0.2) is 0 Å². The van der Waals surface area contributed by atoms with E-state index in [0.717, 1.165) is 37.2 Å². The molecular weight excluding hydrogens is 589 g/mol. The van der Waals surface area contributed by atoms with Crippen molar-refractivity contribution in [3.63, 3.8) is 0 Å². The van der Waals surface area contributed by atoms with Gasteiger partial charge in [0.05, 0.1) is 0 Å². The van der Waals surface area contributed by atoms with Crippen LogP contribution >= 0.6 is 43.2 Å². The van der Waals surface area contributed by atoms with Gasteiger partial charge < -0.3 is 20.2 Å². The maximum absolute atomic E-state index is 12.8. The SMILES string of the molecule is CC(C)CCCCC(CCSSCC(C)C(=O)N1CCCC1C(=O)O)SSCC(C)C(O)N1CCCC1C(=O)O. The lowest BCUT2D eigenvalue weighted by atomic mass is 10.0. The van der Waals surface area contributed by atoms with Gasteiger partial charge in [0.25, 0.3) is 0 Å². The summed E-state index contributed by atoms with van der Waals surface area (Å²) < 4.78 is 0. The van der Waals surface area contributed by atoms with E-state index in [0.29, 0.717) is 42.9 Å². The monoisotopic (exact) mass is 638 g/mol. The normalized spacial score (nSPS) is 22.9. The van der Waals surface area contributed by atoms with Crippen LogP contribution in [0.25, 0.3) is 0 Å². The van der Waals surface area contributed by atoms with Gasteiger partial charge in [0.1, 0.15) is 18.3 Å². The second-order valence-electron chi connectivity index (χ2n) is 11.6. The minimum atomic E-state index is -0.903. The Morgan fingerprint density at radius 2 is 1.48 bits per heavy atom. The van der Waals surface area contributed by atoms with E-state index in [1.165, 1.54) is 19.3 Å². The van der Waals surface area contributed by atoms with E-state index >= 15 is 0 Å². The molecule has 1 amide bonds. The summed E-state index contributed by atoms with van der Waals surface area (Å²) in [5.41, 5.74) is 0. The van der Waals surface area contributed by atoms with Crippen molar-refractivity contribution in [1.82, 2.24) is 9.80 Å². The van der Waals surface area contributed by atoms with Crippen LogP contribution in [0.4, 0.5) is 0 Å². The Kier molecular flexibility index (Phi) is 17.2. The van der Waals surface area contributed by atoms with Crippen molar-refractivity contribution in [2.24, 2.45) is 17.8 Å². The number of carbonyl (C=O) groups is 3. The summed E-state index contributed by atoms with van der Waals surface area (Å²) in [5, 5.41) is 30.1. The fourth-order valence-corrected chi connectivity index (χ4v) is 11.0. The summed E-state index contributed by atoms with van der Waals surface area (Å²) in [6.07, 6.45) is 7.87. The molecule has 2 saturated heterocycles. The number of amides is 1. The first kappa shape index (κ1) is 35.9. The van der Waals surface area contributed by atoms with Crippen molar-refractivity contribution in [1.29, 1.82) is 0 Å². The van der Waals surface area contributed by atoms with Gasteiger partial charge in [0.2, 0.25) is 5.91 Å². The summed E-state index contributed by atoms with van der Waals surface area (Å²) >= 11 is 0. The summed E-state index contributed by atoms with van der Waals surface area (Å²) in [6, 6.07) is -1.25. The fraction of sp³-hybridized carbons (Fsp3) is 0.893. The number of carboxylic acids is 2. The Morgan fingerprint density at radius 3 is 2.15 bits per heavy atom. The molecule has 0 spiro atoms. The quantitative estimate of drug-likeness (QED) is 0.109. The molecule has 2 fully saturated rings. The summed E-state index contributed by atoms with van der Waals surface area (Å²) in [7, 11) is 7.18. The van der Waals surface area contributed by atoms with Crippen molar-refractivity contribution < 1.29 is 29.7 Å². The van der Waals surface area contributed by atoms with Crippen LogP contribution < -0.4 is 0 Å². The Hall–Kier alpha value is -0.270. The minimum Gasteiger partial charge on any atom is -0.480 e. The molecule has 2 aliphatic rings. The second-order valence-corrected chi connectivity index (χ2v) is 17.0. The van der Waals surface area contributed by atoms with Crippen LogP contribution in [-0.4, -0.2) is 96.9 Å². The predicted molar refractivity (Wildman–Crippen MR) is 171 cm³/mol. The van der Waals surface area contributed by atoms with Gasteiger partial charge in [-0.1, -0.05) is 90.1 Å². The Balaban J connectivity index is 1.74. The van der Waals surface area contributed by atoms with Crippen LogP contribution in [0.1, 0.15) is 85.5 Å². The molecule has 0 aromatic carbocycles. The number of unbranched alkanes of at least 4 members (excludes halogenated alkanes) is 1. The number of aliphatic carboxylic acids is 2. The first-order valence-electron chi connectivity index (χ1n) is 14.8. The standard InChI is InChI=1S/C28H50N2O6S4/c1-19(2)9-5-6-10-22(40-39-18-21(4)26(32)30-15-8-12-24(30)28(35)36)13-16-37-38-17-20(3)25(31)29-14-7-11-23(29)27(33)34/h19-24,26,32H,5-18H2,1-4H3,(H,33,34)(H,35,36). The van der Waals surface area contributed by atoms with Crippen LogP contribution in [0.2, 0.25) is 0 Å². The first-order valence-corrected chi connectivity index (χ1v) is 19.6. The lowest BCUT2D eigenvalue weighted by Gasteiger charge is -2.31. The Bertz CT molecular complexity index is 792. The van der Waals surface area contributed by atoms with Crippen molar-refractivity contribution in [3.8, 4) is 0 Å². The maximum Gasteiger partial charge on any atom is 0.326 e. The van der Waals surface area contributed by atoms with Crippen molar-refractivity contribution >= 4 is 61.0 Å². The summed E-state index contributed by atoms with van der Waals surface area (Å²) in [6.45, 7) is 9.59. The Labute approximate surface area is 256 Å². The highest BCUT2D eigenvalue weighted by Gasteiger charge is 2.37. The number of hydrogen-bond donors (Lipinski definition) is 3.